The van der Waals surface area contributed by atoms with Gasteiger partial charge >= 0.3 is 0 Å². The van der Waals surface area contributed by atoms with E-state index in [0.29, 0.717) is 16.6 Å². The highest BCUT2D eigenvalue weighted by molar-refractivity contribution is 9.10. The fourth-order valence-corrected chi connectivity index (χ4v) is 2.02. The molecule has 0 bridgehead atoms. The minimum Gasteiger partial charge on any atom is -0.507 e. The number of carbonyl (C=O) groups is 1. The largest absolute Gasteiger partial charge is 0.507 e. The van der Waals surface area contributed by atoms with Crippen molar-refractivity contribution in [2.24, 2.45) is 0 Å². The molecule has 20 heavy (non-hydrogen) atoms. The standard InChI is InChI=1S/C15H15BrN2O2/c16-13-7-6-11(10-14(13)19)15(20)18-9-3-5-12-4-1-2-8-17-12/h1-2,4,6-8,10,19H,3,5,9H2,(H,18,20). The maximum atomic E-state index is 11.9. The van der Waals surface area contributed by atoms with Gasteiger partial charge in [-0.25, -0.2) is 0 Å². The summed E-state index contributed by atoms with van der Waals surface area (Å²) in [5, 5.41) is 12.4. The van der Waals surface area contributed by atoms with Crippen LogP contribution in [-0.2, 0) is 6.42 Å². The summed E-state index contributed by atoms with van der Waals surface area (Å²) < 4.78 is 0.573. The lowest BCUT2D eigenvalue weighted by Crippen LogP contribution is -2.24. The van der Waals surface area contributed by atoms with Crippen LogP contribution in [0.15, 0.2) is 47.1 Å². The Labute approximate surface area is 126 Å². The van der Waals surface area contributed by atoms with Gasteiger partial charge in [0.15, 0.2) is 0 Å². The predicted molar refractivity (Wildman–Crippen MR) is 80.7 cm³/mol. The molecule has 0 radical (unpaired) electrons. The Morgan fingerprint density at radius 2 is 2.15 bits per heavy atom. The normalized spacial score (nSPS) is 10.2. The van der Waals surface area contributed by atoms with Crippen molar-refractivity contribution in [1.29, 1.82) is 0 Å². The molecule has 1 aromatic carbocycles. The lowest BCUT2D eigenvalue weighted by molar-refractivity contribution is 0.0953. The Kier molecular flexibility index (Phi) is 5.12. The van der Waals surface area contributed by atoms with Crippen LogP contribution in [0.2, 0.25) is 0 Å². The molecule has 1 amide bonds. The van der Waals surface area contributed by atoms with Gasteiger partial charge < -0.3 is 10.4 Å². The maximum Gasteiger partial charge on any atom is 0.251 e. The van der Waals surface area contributed by atoms with Gasteiger partial charge in [0.2, 0.25) is 0 Å². The Hall–Kier alpha value is -1.88. The molecule has 0 spiro atoms. The summed E-state index contributed by atoms with van der Waals surface area (Å²) in [4.78, 5) is 16.1. The molecule has 0 saturated carbocycles. The number of nitrogens with one attached hydrogen (secondary N) is 1. The van der Waals surface area contributed by atoms with Crippen molar-refractivity contribution in [3.05, 3.63) is 58.3 Å². The second-order valence-electron chi connectivity index (χ2n) is 4.35. The van der Waals surface area contributed by atoms with Crippen LogP contribution in [0.25, 0.3) is 0 Å². The number of nitrogens with zero attached hydrogens (tertiary/aromatic N) is 1. The minimum absolute atomic E-state index is 0.0612. The Morgan fingerprint density at radius 1 is 1.30 bits per heavy atom. The summed E-state index contributed by atoms with van der Waals surface area (Å²) in [6.45, 7) is 0.576. The first-order valence-electron chi connectivity index (χ1n) is 6.33. The van der Waals surface area contributed by atoms with Gasteiger partial charge in [0.05, 0.1) is 4.47 Å². The van der Waals surface area contributed by atoms with E-state index in [1.807, 2.05) is 18.2 Å². The SMILES string of the molecule is O=C(NCCCc1ccccn1)c1ccc(Br)c(O)c1. The molecular weight excluding hydrogens is 320 g/mol. The number of pyridine rings is 1. The highest BCUT2D eigenvalue weighted by Crippen LogP contribution is 2.24. The van der Waals surface area contributed by atoms with Crippen LogP contribution in [0.5, 0.6) is 5.75 Å². The highest BCUT2D eigenvalue weighted by atomic mass is 79.9. The molecule has 1 heterocycles. The van der Waals surface area contributed by atoms with Crippen LogP contribution in [-0.4, -0.2) is 22.5 Å². The third kappa shape index (κ3) is 4.06. The van der Waals surface area contributed by atoms with Gasteiger partial charge in [0, 0.05) is 24.0 Å². The fourth-order valence-electron chi connectivity index (χ4n) is 1.77. The average molecular weight is 335 g/mol. The molecule has 5 heteroatoms. The van der Waals surface area contributed by atoms with Crippen molar-refractivity contribution in [2.75, 3.05) is 6.54 Å². The van der Waals surface area contributed by atoms with Crippen molar-refractivity contribution >= 4 is 21.8 Å². The van der Waals surface area contributed by atoms with E-state index in [1.54, 1.807) is 18.3 Å². The van der Waals surface area contributed by atoms with Gasteiger partial charge in [-0.2, -0.15) is 0 Å². The number of rotatable bonds is 5. The zero-order chi connectivity index (χ0) is 14.4. The molecule has 1 aromatic heterocycles. The van der Waals surface area contributed by atoms with Gasteiger partial charge in [-0.05, 0) is 59.1 Å². The van der Waals surface area contributed by atoms with Gasteiger partial charge in [0.1, 0.15) is 5.75 Å². The summed E-state index contributed by atoms with van der Waals surface area (Å²) in [5.41, 5.74) is 1.46. The number of phenolic OH excluding ortho intramolecular Hbond substituents is 1. The summed E-state index contributed by atoms with van der Waals surface area (Å²) in [5.74, 6) is -0.125. The Morgan fingerprint density at radius 3 is 2.85 bits per heavy atom. The second kappa shape index (κ2) is 7.05. The topological polar surface area (TPSA) is 62.2 Å². The van der Waals surface area contributed by atoms with Gasteiger partial charge in [-0.1, -0.05) is 6.07 Å². The van der Waals surface area contributed by atoms with E-state index in [0.717, 1.165) is 18.5 Å². The number of phenols is 1. The molecule has 2 N–H and O–H groups in total. The van der Waals surface area contributed by atoms with E-state index < -0.39 is 0 Å². The summed E-state index contributed by atoms with van der Waals surface area (Å²) >= 11 is 3.18. The van der Waals surface area contributed by atoms with Crippen molar-refractivity contribution in [2.45, 2.75) is 12.8 Å². The summed E-state index contributed by atoms with van der Waals surface area (Å²) in [6, 6.07) is 10.6. The molecule has 104 valence electrons. The number of halogens is 1. The molecule has 0 atom stereocenters. The van der Waals surface area contributed by atoms with E-state index in [-0.39, 0.29) is 11.7 Å². The molecule has 0 unspecified atom stereocenters. The van der Waals surface area contributed by atoms with E-state index in [1.165, 1.54) is 6.07 Å². The number of amides is 1. The predicted octanol–water partition coefficient (Wildman–Crippen LogP) is 2.91. The summed E-state index contributed by atoms with van der Waals surface area (Å²) in [6.07, 6.45) is 3.41. The number of hydrogen-bond acceptors (Lipinski definition) is 3. The molecule has 0 fully saturated rings. The van der Waals surface area contributed by atoms with Crippen LogP contribution >= 0.6 is 15.9 Å². The second-order valence-corrected chi connectivity index (χ2v) is 5.20. The zero-order valence-corrected chi connectivity index (χ0v) is 12.4. The molecule has 2 rings (SSSR count). The van der Waals surface area contributed by atoms with Crippen LogP contribution in [0.1, 0.15) is 22.5 Å². The number of aromatic hydroxyl groups is 1. The van der Waals surface area contributed by atoms with Crippen LogP contribution in [0.3, 0.4) is 0 Å². The number of aromatic nitrogens is 1. The number of hydrogen-bond donors (Lipinski definition) is 2. The quantitative estimate of drug-likeness (QED) is 0.826. The summed E-state index contributed by atoms with van der Waals surface area (Å²) in [7, 11) is 0. The molecule has 0 aliphatic rings. The lowest BCUT2D eigenvalue weighted by atomic mass is 10.2. The molecular formula is C15H15BrN2O2. The fraction of sp³-hybridized carbons (Fsp3) is 0.200. The minimum atomic E-state index is -0.186. The van der Waals surface area contributed by atoms with Crippen molar-refractivity contribution < 1.29 is 9.90 Å². The molecule has 2 aromatic rings. The molecule has 0 aliphatic heterocycles. The zero-order valence-electron chi connectivity index (χ0n) is 10.8. The molecule has 4 nitrogen and oxygen atoms in total. The number of aryl methyl sites for hydroxylation is 1. The lowest BCUT2D eigenvalue weighted by Gasteiger charge is -2.06. The van der Waals surface area contributed by atoms with Crippen LogP contribution < -0.4 is 5.32 Å². The molecule has 0 saturated heterocycles. The van der Waals surface area contributed by atoms with Gasteiger partial charge in [-0.3, -0.25) is 9.78 Å². The molecule has 0 aliphatic carbocycles. The number of benzene rings is 1. The first-order valence-corrected chi connectivity index (χ1v) is 7.13. The Bertz CT molecular complexity index is 588. The third-order valence-corrected chi connectivity index (χ3v) is 3.50. The first-order chi connectivity index (χ1) is 9.66. The van der Waals surface area contributed by atoms with E-state index in [4.69, 9.17) is 0 Å². The van der Waals surface area contributed by atoms with Crippen LogP contribution in [0.4, 0.5) is 0 Å². The van der Waals surface area contributed by atoms with E-state index >= 15 is 0 Å². The smallest absolute Gasteiger partial charge is 0.251 e. The monoisotopic (exact) mass is 334 g/mol. The van der Waals surface area contributed by atoms with Crippen molar-refractivity contribution in [1.82, 2.24) is 10.3 Å². The Balaban J connectivity index is 1.79. The number of carbonyl (C=O) groups excluding carboxylic acids is 1. The maximum absolute atomic E-state index is 11.9. The van der Waals surface area contributed by atoms with E-state index in [9.17, 15) is 9.90 Å². The van der Waals surface area contributed by atoms with Gasteiger partial charge in [-0.15, -0.1) is 0 Å². The van der Waals surface area contributed by atoms with E-state index in [2.05, 4.69) is 26.2 Å². The highest BCUT2D eigenvalue weighted by Gasteiger charge is 2.07. The first kappa shape index (κ1) is 14.5. The van der Waals surface area contributed by atoms with Crippen molar-refractivity contribution in [3.8, 4) is 5.75 Å². The van der Waals surface area contributed by atoms with Crippen molar-refractivity contribution in [3.63, 3.8) is 0 Å². The van der Waals surface area contributed by atoms with Gasteiger partial charge in [0.25, 0.3) is 5.91 Å². The third-order valence-electron chi connectivity index (χ3n) is 2.83. The van der Waals surface area contributed by atoms with Crippen LogP contribution in [0, 0.1) is 0 Å². The average Bonchev–Trinajstić information content (AvgIpc) is 2.47.